The highest BCUT2D eigenvalue weighted by Crippen LogP contribution is 2.22. The van der Waals surface area contributed by atoms with Crippen LogP contribution in [0.25, 0.3) is 6.08 Å². The highest BCUT2D eigenvalue weighted by Gasteiger charge is 2.11. The summed E-state index contributed by atoms with van der Waals surface area (Å²) in [5.74, 6) is -0.378. The van der Waals surface area contributed by atoms with E-state index in [9.17, 15) is 14.4 Å². The number of para-hydroxylation sites is 2. The predicted molar refractivity (Wildman–Crippen MR) is 147 cm³/mol. The van der Waals surface area contributed by atoms with Crippen molar-refractivity contribution < 1.29 is 28.6 Å². The van der Waals surface area contributed by atoms with E-state index >= 15 is 0 Å². The molecule has 0 unspecified atom stereocenters. The number of methoxy groups -OCH3 is 1. The third-order valence-corrected chi connectivity index (χ3v) is 5.38. The number of carbonyl (C=O) groups excluding carboxylic acids is 3. The van der Waals surface area contributed by atoms with Crippen molar-refractivity contribution in [1.29, 1.82) is 0 Å². The van der Waals surface area contributed by atoms with Crippen LogP contribution in [0.4, 0.5) is 0 Å². The van der Waals surface area contributed by atoms with Crippen molar-refractivity contribution >= 4 is 30.1 Å². The molecule has 8 heteroatoms. The number of hydrogen-bond acceptors (Lipinski definition) is 7. The van der Waals surface area contributed by atoms with E-state index < -0.39 is 17.8 Å². The quantitative estimate of drug-likeness (QED) is 0.106. The number of hydrazone groups is 1. The lowest BCUT2D eigenvalue weighted by Crippen LogP contribution is -2.17. The molecule has 0 spiro atoms. The van der Waals surface area contributed by atoms with Crippen LogP contribution in [0.15, 0.2) is 114 Å². The molecular formula is C31H24N2O6. The molecule has 0 atom stereocenters. The molecular weight excluding hydrogens is 496 g/mol. The van der Waals surface area contributed by atoms with E-state index in [4.69, 9.17) is 14.2 Å². The van der Waals surface area contributed by atoms with E-state index in [-0.39, 0.29) is 5.75 Å². The molecule has 1 amide bonds. The van der Waals surface area contributed by atoms with E-state index in [1.165, 1.54) is 18.4 Å². The Morgan fingerprint density at radius 3 is 2.00 bits per heavy atom. The Kier molecular flexibility index (Phi) is 8.96. The summed E-state index contributed by atoms with van der Waals surface area (Å²) in [7, 11) is 1.54. The van der Waals surface area contributed by atoms with E-state index in [1.54, 1.807) is 104 Å². The molecule has 1 N–H and O–H groups in total. The molecule has 0 bridgehead atoms. The van der Waals surface area contributed by atoms with E-state index in [0.29, 0.717) is 33.8 Å². The second kappa shape index (κ2) is 13.2. The van der Waals surface area contributed by atoms with Crippen LogP contribution < -0.4 is 19.6 Å². The lowest BCUT2D eigenvalue weighted by molar-refractivity contribution is -0.128. The molecule has 0 heterocycles. The summed E-state index contributed by atoms with van der Waals surface area (Å²) in [5.41, 5.74) is 4.26. The molecule has 8 nitrogen and oxygen atoms in total. The Labute approximate surface area is 225 Å². The van der Waals surface area contributed by atoms with Crippen LogP contribution in [0.3, 0.4) is 0 Å². The van der Waals surface area contributed by atoms with Gasteiger partial charge < -0.3 is 14.2 Å². The Balaban J connectivity index is 1.39. The van der Waals surface area contributed by atoms with Gasteiger partial charge in [0.25, 0.3) is 5.91 Å². The molecule has 0 saturated carbocycles. The van der Waals surface area contributed by atoms with Crippen LogP contribution in [-0.4, -0.2) is 31.2 Å². The van der Waals surface area contributed by atoms with Gasteiger partial charge in [-0.15, -0.1) is 0 Å². The summed E-state index contributed by atoms with van der Waals surface area (Å²) in [5, 5.41) is 3.97. The number of carbonyl (C=O) groups is 3. The smallest absolute Gasteiger partial charge is 0.343 e. The summed E-state index contributed by atoms with van der Waals surface area (Å²) < 4.78 is 16.1. The fourth-order valence-electron chi connectivity index (χ4n) is 3.39. The molecule has 194 valence electrons. The standard InChI is InChI=1S/C31H24N2O6/c1-37-26-18-15-23(16-19-26)30(35)33-32-21-25-12-6-8-14-28(25)38-29(34)20-17-22-9-5-7-13-27(22)39-31(36)24-10-3-2-4-11-24/h2-21H,1H3,(H,33,35)/b20-17+,32-21+. The topological polar surface area (TPSA) is 103 Å². The number of nitrogens with zero attached hydrogens (tertiary/aromatic N) is 1. The minimum absolute atomic E-state index is 0.249. The molecule has 0 fully saturated rings. The molecule has 0 aliphatic carbocycles. The molecule has 0 radical (unpaired) electrons. The fraction of sp³-hybridized carbons (Fsp3) is 0.0323. The average molecular weight is 521 g/mol. The highest BCUT2D eigenvalue weighted by atomic mass is 16.5. The van der Waals surface area contributed by atoms with Crippen molar-refractivity contribution in [3.63, 3.8) is 0 Å². The van der Waals surface area contributed by atoms with Crippen molar-refractivity contribution in [1.82, 2.24) is 5.43 Å². The third kappa shape index (κ3) is 7.50. The second-order valence-electron chi connectivity index (χ2n) is 8.01. The van der Waals surface area contributed by atoms with Gasteiger partial charge in [0.1, 0.15) is 17.2 Å². The maximum absolute atomic E-state index is 12.6. The van der Waals surface area contributed by atoms with Crippen LogP contribution in [0.1, 0.15) is 31.8 Å². The fourth-order valence-corrected chi connectivity index (χ4v) is 3.39. The van der Waals surface area contributed by atoms with Gasteiger partial charge in [-0.25, -0.2) is 15.0 Å². The Hall–Kier alpha value is -5.50. The van der Waals surface area contributed by atoms with Crippen molar-refractivity contribution in [2.24, 2.45) is 5.10 Å². The van der Waals surface area contributed by atoms with Gasteiger partial charge in [0.15, 0.2) is 0 Å². The average Bonchev–Trinajstić information content (AvgIpc) is 2.98. The second-order valence-corrected chi connectivity index (χ2v) is 8.01. The number of esters is 2. The molecule has 4 aromatic rings. The number of nitrogens with one attached hydrogen (secondary N) is 1. The Morgan fingerprint density at radius 1 is 0.692 bits per heavy atom. The maximum atomic E-state index is 12.6. The summed E-state index contributed by atoms with van der Waals surface area (Å²) in [6.07, 6.45) is 4.11. The van der Waals surface area contributed by atoms with Crippen LogP contribution in [0.2, 0.25) is 0 Å². The van der Waals surface area contributed by atoms with Gasteiger partial charge in [0.2, 0.25) is 0 Å². The monoisotopic (exact) mass is 520 g/mol. The first kappa shape index (κ1) is 26.6. The van der Waals surface area contributed by atoms with Crippen LogP contribution in [0.5, 0.6) is 17.2 Å². The summed E-state index contributed by atoms with van der Waals surface area (Å²) in [6.45, 7) is 0. The third-order valence-electron chi connectivity index (χ3n) is 5.38. The zero-order valence-electron chi connectivity index (χ0n) is 20.9. The number of rotatable bonds is 9. The van der Waals surface area contributed by atoms with Crippen molar-refractivity contribution in [2.45, 2.75) is 0 Å². The van der Waals surface area contributed by atoms with Gasteiger partial charge >= 0.3 is 11.9 Å². The van der Waals surface area contributed by atoms with Gasteiger partial charge in [-0.3, -0.25) is 4.79 Å². The van der Waals surface area contributed by atoms with Crippen molar-refractivity contribution in [3.8, 4) is 17.2 Å². The van der Waals surface area contributed by atoms with Gasteiger partial charge in [-0.05, 0) is 60.7 Å². The van der Waals surface area contributed by atoms with Crippen molar-refractivity contribution in [3.05, 3.63) is 131 Å². The molecule has 0 aromatic heterocycles. The SMILES string of the molecule is COc1ccc(C(=O)N/N=C/c2ccccc2OC(=O)/C=C/c2ccccc2OC(=O)c2ccccc2)cc1. The minimum Gasteiger partial charge on any atom is -0.497 e. The maximum Gasteiger partial charge on any atom is 0.343 e. The zero-order chi connectivity index (χ0) is 27.5. The van der Waals surface area contributed by atoms with Crippen molar-refractivity contribution in [2.75, 3.05) is 7.11 Å². The number of ether oxygens (including phenoxy) is 3. The van der Waals surface area contributed by atoms with Gasteiger partial charge in [-0.1, -0.05) is 48.5 Å². The molecule has 39 heavy (non-hydrogen) atoms. The first-order valence-corrected chi connectivity index (χ1v) is 11.9. The summed E-state index contributed by atoms with van der Waals surface area (Å²) in [6, 6.07) is 28.8. The predicted octanol–water partition coefficient (Wildman–Crippen LogP) is 5.30. The first-order valence-electron chi connectivity index (χ1n) is 11.9. The number of amides is 1. The van der Waals surface area contributed by atoms with E-state index in [0.717, 1.165) is 0 Å². The Bertz CT molecular complexity index is 1510. The highest BCUT2D eigenvalue weighted by molar-refractivity contribution is 5.96. The van der Waals surface area contributed by atoms with Crippen LogP contribution >= 0.6 is 0 Å². The normalized spacial score (nSPS) is 10.8. The van der Waals surface area contributed by atoms with Gasteiger partial charge in [0.05, 0.1) is 18.9 Å². The first-order chi connectivity index (χ1) is 19.0. The lowest BCUT2D eigenvalue weighted by Gasteiger charge is -2.08. The zero-order valence-corrected chi connectivity index (χ0v) is 20.9. The van der Waals surface area contributed by atoms with Gasteiger partial charge in [-0.2, -0.15) is 5.10 Å². The van der Waals surface area contributed by atoms with E-state index in [1.807, 2.05) is 6.07 Å². The summed E-state index contributed by atoms with van der Waals surface area (Å²) in [4.78, 5) is 37.3. The largest absolute Gasteiger partial charge is 0.497 e. The molecule has 0 aliphatic heterocycles. The number of benzene rings is 4. The molecule has 0 aliphatic rings. The van der Waals surface area contributed by atoms with E-state index in [2.05, 4.69) is 10.5 Å². The molecule has 4 aromatic carbocycles. The Morgan fingerprint density at radius 2 is 1.31 bits per heavy atom. The summed E-state index contributed by atoms with van der Waals surface area (Å²) >= 11 is 0. The number of hydrogen-bond donors (Lipinski definition) is 1. The van der Waals surface area contributed by atoms with Crippen LogP contribution in [0, 0.1) is 0 Å². The lowest BCUT2D eigenvalue weighted by atomic mass is 10.2. The molecule has 4 rings (SSSR count). The minimum atomic E-state index is -0.651. The molecule has 0 saturated heterocycles. The van der Waals surface area contributed by atoms with Crippen LogP contribution in [-0.2, 0) is 4.79 Å². The van der Waals surface area contributed by atoms with Gasteiger partial charge in [0, 0.05) is 22.8 Å².